The lowest BCUT2D eigenvalue weighted by Crippen LogP contribution is -2.48. The Morgan fingerprint density at radius 2 is 2.00 bits per heavy atom. The van der Waals surface area contributed by atoms with Crippen LogP contribution in [-0.4, -0.2) is 59.2 Å². The highest BCUT2D eigenvalue weighted by Gasteiger charge is 2.32. The first-order chi connectivity index (χ1) is 9.43. The summed E-state index contributed by atoms with van der Waals surface area (Å²) in [5.74, 6) is -0.761. The van der Waals surface area contributed by atoms with E-state index in [2.05, 4.69) is 10.6 Å². The predicted molar refractivity (Wildman–Crippen MR) is 78.4 cm³/mol. The Morgan fingerprint density at radius 3 is 2.55 bits per heavy atom. The Kier molecular flexibility index (Phi) is 6.91. The molecule has 0 bridgehead atoms. The third-order valence-electron chi connectivity index (χ3n) is 3.64. The van der Waals surface area contributed by atoms with Crippen molar-refractivity contribution in [3.63, 3.8) is 0 Å². The number of nitrogens with one attached hydrogen (secondary N) is 2. The van der Waals surface area contributed by atoms with E-state index < -0.39 is 21.5 Å². The van der Waals surface area contributed by atoms with Gasteiger partial charge in [0, 0.05) is 19.1 Å². The number of ether oxygens (including phenoxy) is 1. The van der Waals surface area contributed by atoms with E-state index in [0.29, 0.717) is 19.6 Å². The van der Waals surface area contributed by atoms with Crippen LogP contribution in [-0.2, 0) is 19.4 Å². The van der Waals surface area contributed by atoms with Crippen LogP contribution >= 0.6 is 0 Å². The summed E-state index contributed by atoms with van der Waals surface area (Å²) >= 11 is 0. The number of hydrogen-bond donors (Lipinski definition) is 2. The van der Waals surface area contributed by atoms with Crippen molar-refractivity contribution in [2.75, 3.05) is 44.9 Å². The van der Waals surface area contributed by atoms with Crippen molar-refractivity contribution < 1.29 is 17.9 Å². The smallest absolute Gasteiger partial charge is 0.235 e. The van der Waals surface area contributed by atoms with Crippen molar-refractivity contribution in [3.05, 3.63) is 0 Å². The number of rotatable bonds is 8. The molecule has 0 aromatic rings. The molecule has 0 aliphatic carbocycles. The average Bonchev–Trinajstić information content (AvgIpc) is 2.37. The van der Waals surface area contributed by atoms with Crippen LogP contribution < -0.4 is 10.6 Å². The molecule has 0 unspecified atom stereocenters. The van der Waals surface area contributed by atoms with E-state index in [1.54, 1.807) is 14.0 Å². The topological polar surface area (TPSA) is 84.5 Å². The van der Waals surface area contributed by atoms with Crippen LogP contribution in [0.1, 0.15) is 26.2 Å². The number of carbonyl (C=O) groups is 1. The second kappa shape index (κ2) is 7.95. The summed E-state index contributed by atoms with van der Waals surface area (Å²) < 4.78 is 28.5. The fraction of sp³-hybridized carbons (Fsp3) is 0.923. The average molecular weight is 306 g/mol. The molecule has 1 amide bonds. The van der Waals surface area contributed by atoms with Crippen molar-refractivity contribution in [3.8, 4) is 0 Å². The fourth-order valence-corrected chi connectivity index (χ4v) is 3.82. The minimum Gasteiger partial charge on any atom is -0.384 e. The molecule has 20 heavy (non-hydrogen) atoms. The van der Waals surface area contributed by atoms with Gasteiger partial charge in [-0.3, -0.25) is 4.79 Å². The molecule has 1 fully saturated rings. The van der Waals surface area contributed by atoms with Gasteiger partial charge in [-0.2, -0.15) is 0 Å². The number of hydrogen-bond acceptors (Lipinski definition) is 5. The van der Waals surface area contributed by atoms with E-state index in [0.717, 1.165) is 25.9 Å². The van der Waals surface area contributed by atoms with Gasteiger partial charge in [-0.25, -0.2) is 8.42 Å². The molecule has 0 atom stereocenters. The first-order valence-corrected chi connectivity index (χ1v) is 8.92. The quantitative estimate of drug-likeness (QED) is 0.656. The molecule has 7 heteroatoms. The highest BCUT2D eigenvalue weighted by Crippen LogP contribution is 2.28. The van der Waals surface area contributed by atoms with Crippen LogP contribution in [0.15, 0.2) is 0 Å². The molecule has 1 rings (SSSR count). The maximum absolute atomic E-state index is 11.8. The summed E-state index contributed by atoms with van der Waals surface area (Å²) in [6.07, 6.45) is 2.38. The minimum atomic E-state index is -3.27. The maximum atomic E-state index is 11.8. The lowest BCUT2D eigenvalue weighted by Gasteiger charge is -2.37. The van der Waals surface area contributed by atoms with Crippen molar-refractivity contribution in [1.29, 1.82) is 0 Å². The Balaban J connectivity index is 2.49. The van der Waals surface area contributed by atoms with Crippen LogP contribution in [0.25, 0.3) is 0 Å². The molecule has 0 spiro atoms. The van der Waals surface area contributed by atoms with Gasteiger partial charge in [0.2, 0.25) is 5.91 Å². The number of sulfone groups is 1. The van der Waals surface area contributed by atoms with Crippen LogP contribution in [0, 0.1) is 5.41 Å². The molecule has 118 valence electrons. The molecule has 6 nitrogen and oxygen atoms in total. The lowest BCUT2D eigenvalue weighted by atomic mass is 9.79. The number of methoxy groups -OCH3 is 1. The monoisotopic (exact) mass is 306 g/mol. The molecule has 0 saturated carbocycles. The summed E-state index contributed by atoms with van der Waals surface area (Å²) in [6, 6.07) is 0. The fourth-order valence-electron chi connectivity index (χ4n) is 2.56. The summed E-state index contributed by atoms with van der Waals surface area (Å²) in [7, 11) is -1.62. The second-order valence-corrected chi connectivity index (χ2v) is 7.74. The number of amides is 1. The molecule has 2 N–H and O–H groups in total. The van der Waals surface area contributed by atoms with Crippen molar-refractivity contribution in [2.24, 2.45) is 5.41 Å². The second-order valence-electron chi connectivity index (χ2n) is 5.55. The van der Waals surface area contributed by atoms with E-state index >= 15 is 0 Å². The zero-order valence-electron chi connectivity index (χ0n) is 12.4. The van der Waals surface area contributed by atoms with Gasteiger partial charge in [0.05, 0.1) is 12.4 Å². The zero-order valence-corrected chi connectivity index (χ0v) is 13.2. The summed E-state index contributed by atoms with van der Waals surface area (Å²) in [5, 5.41) is 6.04. The predicted octanol–water partition coefficient (Wildman–Crippen LogP) is -0.0564. The van der Waals surface area contributed by atoms with E-state index in [1.165, 1.54) is 0 Å². The largest absolute Gasteiger partial charge is 0.384 e. The van der Waals surface area contributed by atoms with Crippen LogP contribution in [0.4, 0.5) is 0 Å². The van der Waals surface area contributed by atoms with E-state index in [4.69, 9.17) is 4.74 Å². The van der Waals surface area contributed by atoms with Crippen LogP contribution in [0.3, 0.4) is 0 Å². The molecule has 1 aliphatic heterocycles. The normalized spacial score (nSPS) is 18.7. The van der Waals surface area contributed by atoms with Gasteiger partial charge in [-0.15, -0.1) is 0 Å². The highest BCUT2D eigenvalue weighted by atomic mass is 32.2. The Bertz CT molecular complexity index is 397. The highest BCUT2D eigenvalue weighted by molar-refractivity contribution is 7.92. The van der Waals surface area contributed by atoms with Crippen molar-refractivity contribution >= 4 is 15.7 Å². The lowest BCUT2D eigenvalue weighted by molar-refractivity contribution is -0.119. The SMILES string of the molecule is CCCS(=O)(=O)CC(=O)NCC1(COC)CCNCC1. The van der Waals surface area contributed by atoms with Gasteiger partial charge >= 0.3 is 0 Å². The van der Waals surface area contributed by atoms with Crippen LogP contribution in [0.5, 0.6) is 0 Å². The van der Waals surface area contributed by atoms with E-state index in [-0.39, 0.29) is 11.2 Å². The molecule has 0 aromatic carbocycles. The van der Waals surface area contributed by atoms with Gasteiger partial charge < -0.3 is 15.4 Å². The molecular weight excluding hydrogens is 280 g/mol. The number of piperidine rings is 1. The van der Waals surface area contributed by atoms with Crippen molar-refractivity contribution in [1.82, 2.24) is 10.6 Å². The summed E-state index contributed by atoms with van der Waals surface area (Å²) in [6.45, 7) is 4.64. The first-order valence-electron chi connectivity index (χ1n) is 7.10. The maximum Gasteiger partial charge on any atom is 0.235 e. The Morgan fingerprint density at radius 1 is 1.35 bits per heavy atom. The minimum absolute atomic E-state index is 0.0630. The molecule has 0 radical (unpaired) electrons. The van der Waals surface area contributed by atoms with Crippen molar-refractivity contribution in [2.45, 2.75) is 26.2 Å². The summed E-state index contributed by atoms with van der Waals surface area (Å²) in [4.78, 5) is 11.8. The third-order valence-corrected chi connectivity index (χ3v) is 5.37. The van der Waals surface area contributed by atoms with E-state index in [1.807, 2.05) is 0 Å². The first kappa shape index (κ1) is 17.4. The molecular formula is C13H26N2O4S. The van der Waals surface area contributed by atoms with Gasteiger partial charge in [0.15, 0.2) is 9.84 Å². The Hall–Kier alpha value is -0.660. The van der Waals surface area contributed by atoms with Gasteiger partial charge in [0.1, 0.15) is 5.75 Å². The molecule has 1 saturated heterocycles. The van der Waals surface area contributed by atoms with Gasteiger partial charge in [-0.05, 0) is 32.4 Å². The zero-order chi connectivity index (χ0) is 15.1. The molecule has 0 aromatic heterocycles. The van der Waals surface area contributed by atoms with E-state index in [9.17, 15) is 13.2 Å². The van der Waals surface area contributed by atoms with Gasteiger partial charge in [0.25, 0.3) is 0 Å². The number of carbonyl (C=O) groups excluding carboxylic acids is 1. The molecule has 1 aliphatic rings. The standard InChI is InChI=1S/C13H26N2O4S/c1-3-8-20(17,18)9-12(16)15-10-13(11-19-2)4-6-14-7-5-13/h14H,3-11H2,1-2H3,(H,15,16). The van der Waals surface area contributed by atoms with Gasteiger partial charge in [-0.1, -0.05) is 6.92 Å². The van der Waals surface area contributed by atoms with Crippen LogP contribution in [0.2, 0.25) is 0 Å². The Labute approximate surface area is 121 Å². The summed E-state index contributed by atoms with van der Waals surface area (Å²) in [5.41, 5.74) is -0.0792. The third kappa shape index (κ3) is 5.76. The molecule has 1 heterocycles.